The van der Waals surface area contributed by atoms with Crippen molar-refractivity contribution in [1.29, 1.82) is 0 Å². The first kappa shape index (κ1) is 17.5. The average molecular weight is 357 g/mol. The van der Waals surface area contributed by atoms with E-state index in [-0.39, 0.29) is 17.7 Å². The number of piperidine rings is 1. The molecule has 0 aliphatic carbocycles. The Hall–Kier alpha value is -2.33. The zero-order chi connectivity index (χ0) is 17.8. The van der Waals surface area contributed by atoms with Gasteiger partial charge in [-0.3, -0.25) is 9.59 Å². The van der Waals surface area contributed by atoms with E-state index in [4.69, 9.17) is 11.6 Å². The number of likely N-dealkylation sites (tertiary alicyclic amines) is 1. The van der Waals surface area contributed by atoms with Crippen molar-refractivity contribution in [2.75, 3.05) is 25.0 Å². The average Bonchev–Trinajstić information content (AvgIpc) is 2.67. The van der Waals surface area contributed by atoms with E-state index in [1.165, 1.54) is 0 Å². The lowest BCUT2D eigenvalue weighted by Gasteiger charge is -2.33. The summed E-state index contributed by atoms with van der Waals surface area (Å²) in [5.41, 5.74) is 1.49. The molecule has 0 bridgehead atoms. The van der Waals surface area contributed by atoms with Gasteiger partial charge < -0.3 is 9.80 Å². The second-order valence-corrected chi connectivity index (χ2v) is 6.75. The van der Waals surface area contributed by atoms with E-state index in [0.29, 0.717) is 36.5 Å². The number of carbonyl (C=O) groups excluding carboxylic acids is 2. The van der Waals surface area contributed by atoms with Crippen LogP contribution in [0, 0.1) is 5.92 Å². The highest BCUT2D eigenvalue weighted by Crippen LogP contribution is 2.24. The summed E-state index contributed by atoms with van der Waals surface area (Å²) in [4.78, 5) is 28.8. The maximum Gasteiger partial charge on any atom is 0.253 e. The summed E-state index contributed by atoms with van der Waals surface area (Å²) in [5.74, 6) is 0.0412. The van der Waals surface area contributed by atoms with Crippen LogP contribution in [-0.4, -0.2) is 36.9 Å². The molecule has 0 aromatic heterocycles. The van der Waals surface area contributed by atoms with Crippen LogP contribution < -0.4 is 4.90 Å². The van der Waals surface area contributed by atoms with E-state index in [9.17, 15) is 9.59 Å². The van der Waals surface area contributed by atoms with Crippen molar-refractivity contribution in [2.45, 2.75) is 12.8 Å². The molecule has 4 nitrogen and oxygen atoms in total. The Morgan fingerprint density at radius 2 is 1.72 bits per heavy atom. The summed E-state index contributed by atoms with van der Waals surface area (Å²) < 4.78 is 0. The van der Waals surface area contributed by atoms with Crippen LogP contribution in [0.5, 0.6) is 0 Å². The van der Waals surface area contributed by atoms with Gasteiger partial charge >= 0.3 is 0 Å². The van der Waals surface area contributed by atoms with E-state index in [2.05, 4.69) is 0 Å². The van der Waals surface area contributed by atoms with Crippen LogP contribution in [0.3, 0.4) is 0 Å². The SMILES string of the molecule is CN(C(=O)C1CCN(C(=O)c2cccc(Cl)c2)CC1)c1ccccc1. The summed E-state index contributed by atoms with van der Waals surface area (Å²) in [6.07, 6.45) is 1.37. The predicted molar refractivity (Wildman–Crippen MR) is 99.9 cm³/mol. The van der Waals surface area contributed by atoms with Crippen molar-refractivity contribution >= 4 is 29.1 Å². The molecule has 0 unspecified atom stereocenters. The molecule has 130 valence electrons. The highest BCUT2D eigenvalue weighted by Gasteiger charge is 2.29. The van der Waals surface area contributed by atoms with Gasteiger partial charge in [0.15, 0.2) is 0 Å². The number of para-hydroxylation sites is 1. The van der Waals surface area contributed by atoms with E-state index in [1.54, 1.807) is 41.1 Å². The lowest BCUT2D eigenvalue weighted by Crippen LogP contribution is -2.43. The van der Waals surface area contributed by atoms with Crippen molar-refractivity contribution in [3.63, 3.8) is 0 Å². The second-order valence-electron chi connectivity index (χ2n) is 6.31. The second kappa shape index (κ2) is 7.70. The van der Waals surface area contributed by atoms with Gasteiger partial charge in [0.2, 0.25) is 5.91 Å². The lowest BCUT2D eigenvalue weighted by atomic mass is 9.94. The molecule has 0 N–H and O–H groups in total. The van der Waals surface area contributed by atoms with Gasteiger partial charge in [0.1, 0.15) is 0 Å². The highest BCUT2D eigenvalue weighted by molar-refractivity contribution is 6.30. The molecular weight excluding hydrogens is 336 g/mol. The number of carbonyl (C=O) groups is 2. The first-order valence-corrected chi connectivity index (χ1v) is 8.81. The quantitative estimate of drug-likeness (QED) is 0.838. The molecule has 0 saturated carbocycles. The third-order valence-corrected chi connectivity index (χ3v) is 4.91. The monoisotopic (exact) mass is 356 g/mol. The number of amides is 2. The van der Waals surface area contributed by atoms with Crippen LogP contribution in [-0.2, 0) is 4.79 Å². The van der Waals surface area contributed by atoms with Gasteiger partial charge in [0.25, 0.3) is 5.91 Å². The normalized spacial score (nSPS) is 15.0. The molecule has 1 heterocycles. The maximum atomic E-state index is 12.7. The molecule has 3 rings (SSSR count). The molecule has 2 aromatic carbocycles. The third kappa shape index (κ3) is 4.02. The Kier molecular flexibility index (Phi) is 5.39. The van der Waals surface area contributed by atoms with Crippen molar-refractivity contribution in [2.24, 2.45) is 5.92 Å². The number of rotatable bonds is 3. The molecule has 0 spiro atoms. The number of nitrogens with zero attached hydrogens (tertiary/aromatic N) is 2. The zero-order valence-electron chi connectivity index (χ0n) is 14.2. The number of benzene rings is 2. The van der Waals surface area contributed by atoms with E-state index in [1.807, 2.05) is 30.3 Å². The Labute approximate surface area is 153 Å². The molecule has 25 heavy (non-hydrogen) atoms. The predicted octanol–water partition coefficient (Wildman–Crippen LogP) is 3.86. The van der Waals surface area contributed by atoms with Crippen molar-refractivity contribution < 1.29 is 9.59 Å². The Morgan fingerprint density at radius 1 is 1.04 bits per heavy atom. The van der Waals surface area contributed by atoms with Crippen molar-refractivity contribution in [1.82, 2.24) is 4.90 Å². The summed E-state index contributed by atoms with van der Waals surface area (Å²) in [7, 11) is 1.81. The summed E-state index contributed by atoms with van der Waals surface area (Å²) in [6, 6.07) is 16.6. The fraction of sp³-hybridized carbons (Fsp3) is 0.300. The topological polar surface area (TPSA) is 40.6 Å². The molecule has 5 heteroatoms. The molecule has 2 aromatic rings. The molecule has 1 aliphatic heterocycles. The Balaban J connectivity index is 1.60. The standard InChI is InChI=1S/C20H21ClN2O2/c1-22(18-8-3-2-4-9-18)19(24)15-10-12-23(13-11-15)20(25)16-6-5-7-17(21)14-16/h2-9,14-15H,10-13H2,1H3. The van der Waals surface area contributed by atoms with Crippen LogP contribution in [0.1, 0.15) is 23.2 Å². The summed E-state index contributed by atoms with van der Waals surface area (Å²) in [6.45, 7) is 1.18. The molecule has 1 fully saturated rings. The van der Waals surface area contributed by atoms with Crippen molar-refractivity contribution in [3.8, 4) is 0 Å². The van der Waals surface area contributed by atoms with Gasteiger partial charge in [-0.15, -0.1) is 0 Å². The number of hydrogen-bond acceptors (Lipinski definition) is 2. The first-order chi connectivity index (χ1) is 12.1. The van der Waals surface area contributed by atoms with Gasteiger partial charge in [-0.25, -0.2) is 0 Å². The van der Waals surface area contributed by atoms with Gasteiger partial charge in [0, 0.05) is 42.3 Å². The highest BCUT2D eigenvalue weighted by atomic mass is 35.5. The molecular formula is C20H21ClN2O2. The van der Waals surface area contributed by atoms with Gasteiger partial charge in [-0.1, -0.05) is 35.9 Å². The minimum Gasteiger partial charge on any atom is -0.339 e. The lowest BCUT2D eigenvalue weighted by molar-refractivity contribution is -0.123. The summed E-state index contributed by atoms with van der Waals surface area (Å²) in [5, 5.41) is 0.556. The molecule has 1 aliphatic rings. The van der Waals surface area contributed by atoms with Gasteiger partial charge in [0.05, 0.1) is 0 Å². The number of halogens is 1. The minimum absolute atomic E-state index is 0.0233. The van der Waals surface area contributed by atoms with Gasteiger partial charge in [-0.2, -0.15) is 0 Å². The maximum absolute atomic E-state index is 12.7. The molecule has 1 saturated heterocycles. The van der Waals surface area contributed by atoms with Crippen LogP contribution in [0.25, 0.3) is 0 Å². The Bertz CT molecular complexity index is 755. The zero-order valence-corrected chi connectivity index (χ0v) is 14.9. The summed E-state index contributed by atoms with van der Waals surface area (Å²) >= 11 is 5.96. The molecule has 2 amide bonds. The van der Waals surface area contributed by atoms with Crippen LogP contribution >= 0.6 is 11.6 Å². The largest absolute Gasteiger partial charge is 0.339 e. The van der Waals surface area contributed by atoms with Crippen LogP contribution in [0.4, 0.5) is 5.69 Å². The van der Waals surface area contributed by atoms with Crippen LogP contribution in [0.15, 0.2) is 54.6 Å². The fourth-order valence-electron chi connectivity index (χ4n) is 3.19. The molecule has 0 radical (unpaired) electrons. The Morgan fingerprint density at radius 3 is 2.36 bits per heavy atom. The van der Waals surface area contributed by atoms with E-state index < -0.39 is 0 Å². The number of anilines is 1. The van der Waals surface area contributed by atoms with Crippen molar-refractivity contribution in [3.05, 3.63) is 65.2 Å². The smallest absolute Gasteiger partial charge is 0.253 e. The van der Waals surface area contributed by atoms with Crippen LogP contribution in [0.2, 0.25) is 5.02 Å². The third-order valence-electron chi connectivity index (χ3n) is 4.68. The first-order valence-electron chi connectivity index (χ1n) is 8.43. The fourth-order valence-corrected chi connectivity index (χ4v) is 3.38. The molecule has 0 atom stereocenters. The number of hydrogen-bond donors (Lipinski definition) is 0. The minimum atomic E-state index is -0.0476. The van der Waals surface area contributed by atoms with Gasteiger partial charge in [-0.05, 0) is 43.2 Å². The van der Waals surface area contributed by atoms with E-state index >= 15 is 0 Å². The van der Waals surface area contributed by atoms with E-state index in [0.717, 1.165) is 5.69 Å².